The molecule has 0 aliphatic carbocycles. The number of aromatic nitrogens is 2. The van der Waals surface area contributed by atoms with Crippen LogP contribution in [0, 0.1) is 0 Å². The summed E-state index contributed by atoms with van der Waals surface area (Å²) in [7, 11) is 0. The Morgan fingerprint density at radius 3 is 2.86 bits per heavy atom. The molecule has 0 saturated heterocycles. The highest BCUT2D eigenvalue weighted by Gasteiger charge is 2.20. The first-order valence-electron chi connectivity index (χ1n) is 6.87. The summed E-state index contributed by atoms with van der Waals surface area (Å²) >= 11 is 6.31. The van der Waals surface area contributed by atoms with Crippen molar-refractivity contribution in [1.82, 2.24) is 9.55 Å². The van der Waals surface area contributed by atoms with Crippen molar-refractivity contribution in [1.29, 1.82) is 0 Å². The largest absolute Gasteiger partial charge is 0.462 e. The second-order valence-electron chi connectivity index (χ2n) is 4.58. The topological polar surface area (TPSA) is 70.1 Å². The van der Waals surface area contributed by atoms with Crippen molar-refractivity contribution in [2.45, 2.75) is 26.7 Å². The Labute approximate surface area is 128 Å². The molecule has 0 aliphatic rings. The molecular formula is C15H18ClN3O2. The van der Waals surface area contributed by atoms with E-state index in [1.165, 1.54) is 0 Å². The highest BCUT2D eigenvalue weighted by molar-refractivity contribution is 6.33. The Morgan fingerprint density at radius 2 is 2.19 bits per heavy atom. The van der Waals surface area contributed by atoms with Crippen molar-refractivity contribution < 1.29 is 9.53 Å². The minimum absolute atomic E-state index is 0.288. The van der Waals surface area contributed by atoms with E-state index in [0.717, 1.165) is 18.7 Å². The second kappa shape index (κ2) is 6.63. The molecule has 1 aromatic heterocycles. The molecule has 21 heavy (non-hydrogen) atoms. The Balaban J connectivity index is 2.61. The standard InChI is InChI=1S/C15H18ClN3O2/c1-3-5-13-18-6-7-19(13)14-11(15(20)21-4-2)8-10(17)9-12(14)16/h6-9H,3-5,17H2,1-2H3. The molecule has 0 amide bonds. The van der Waals surface area contributed by atoms with Gasteiger partial charge in [0.05, 0.1) is 22.9 Å². The number of nitrogens with two attached hydrogens (primary N) is 1. The van der Waals surface area contributed by atoms with E-state index in [2.05, 4.69) is 11.9 Å². The number of hydrogen-bond donors (Lipinski definition) is 1. The van der Waals surface area contributed by atoms with Gasteiger partial charge in [-0.25, -0.2) is 9.78 Å². The molecule has 0 bridgehead atoms. The van der Waals surface area contributed by atoms with Crippen LogP contribution in [0.3, 0.4) is 0 Å². The summed E-state index contributed by atoms with van der Waals surface area (Å²) in [5.74, 6) is 0.396. The maximum atomic E-state index is 12.2. The molecule has 6 heteroatoms. The van der Waals surface area contributed by atoms with Crippen LogP contribution in [0.1, 0.15) is 36.5 Å². The number of anilines is 1. The van der Waals surface area contributed by atoms with Crippen LogP contribution in [0.2, 0.25) is 5.02 Å². The van der Waals surface area contributed by atoms with Gasteiger partial charge >= 0.3 is 5.97 Å². The van der Waals surface area contributed by atoms with Crippen LogP contribution < -0.4 is 5.73 Å². The summed E-state index contributed by atoms with van der Waals surface area (Å²) in [5.41, 5.74) is 7.12. The minimum atomic E-state index is -0.446. The summed E-state index contributed by atoms with van der Waals surface area (Å²) in [6.07, 6.45) is 5.20. The van der Waals surface area contributed by atoms with E-state index in [0.29, 0.717) is 22.0 Å². The monoisotopic (exact) mass is 307 g/mol. The summed E-state index contributed by atoms with van der Waals surface area (Å²) < 4.78 is 6.91. The zero-order valence-electron chi connectivity index (χ0n) is 12.1. The van der Waals surface area contributed by atoms with Gasteiger partial charge < -0.3 is 15.0 Å². The number of esters is 1. The lowest BCUT2D eigenvalue weighted by atomic mass is 10.1. The van der Waals surface area contributed by atoms with Crippen LogP contribution in [0.15, 0.2) is 24.5 Å². The van der Waals surface area contributed by atoms with E-state index in [4.69, 9.17) is 22.1 Å². The lowest BCUT2D eigenvalue weighted by Crippen LogP contribution is -2.12. The van der Waals surface area contributed by atoms with Gasteiger partial charge in [0.15, 0.2) is 0 Å². The molecule has 112 valence electrons. The lowest BCUT2D eigenvalue weighted by Gasteiger charge is -2.15. The van der Waals surface area contributed by atoms with E-state index in [1.54, 1.807) is 31.5 Å². The number of rotatable bonds is 5. The molecule has 2 rings (SSSR count). The molecule has 0 fully saturated rings. The smallest absolute Gasteiger partial charge is 0.340 e. The van der Waals surface area contributed by atoms with Gasteiger partial charge in [-0.3, -0.25) is 0 Å². The van der Waals surface area contributed by atoms with Crippen LogP contribution >= 0.6 is 11.6 Å². The first-order valence-corrected chi connectivity index (χ1v) is 7.25. The Hall–Kier alpha value is -2.01. The fraction of sp³-hybridized carbons (Fsp3) is 0.333. The van der Waals surface area contributed by atoms with Gasteiger partial charge in [0.1, 0.15) is 5.82 Å². The Morgan fingerprint density at radius 1 is 1.43 bits per heavy atom. The molecule has 2 aromatic rings. The molecule has 1 heterocycles. The molecular weight excluding hydrogens is 290 g/mol. The zero-order chi connectivity index (χ0) is 15.4. The Bertz CT molecular complexity index is 652. The second-order valence-corrected chi connectivity index (χ2v) is 4.99. The van der Waals surface area contributed by atoms with Crippen LogP contribution in [0.4, 0.5) is 5.69 Å². The Kier molecular flexibility index (Phi) is 4.85. The number of ether oxygens (including phenoxy) is 1. The quantitative estimate of drug-likeness (QED) is 0.680. The summed E-state index contributed by atoms with van der Waals surface area (Å²) in [6.45, 7) is 4.11. The predicted molar refractivity (Wildman–Crippen MR) is 82.9 cm³/mol. The summed E-state index contributed by atoms with van der Waals surface area (Å²) in [6, 6.07) is 3.20. The highest BCUT2D eigenvalue weighted by atomic mass is 35.5. The van der Waals surface area contributed by atoms with Crippen LogP contribution in [0.5, 0.6) is 0 Å². The van der Waals surface area contributed by atoms with Crippen molar-refractivity contribution >= 4 is 23.3 Å². The van der Waals surface area contributed by atoms with Gasteiger partial charge in [-0.1, -0.05) is 18.5 Å². The van der Waals surface area contributed by atoms with Crippen molar-refractivity contribution in [2.24, 2.45) is 0 Å². The number of halogens is 1. The van der Waals surface area contributed by atoms with Crippen LogP contribution in [-0.4, -0.2) is 22.1 Å². The van der Waals surface area contributed by atoms with E-state index in [9.17, 15) is 4.79 Å². The molecule has 5 nitrogen and oxygen atoms in total. The minimum Gasteiger partial charge on any atom is -0.462 e. The normalized spacial score (nSPS) is 10.6. The highest BCUT2D eigenvalue weighted by Crippen LogP contribution is 2.29. The number of nitrogens with zero attached hydrogens (tertiary/aromatic N) is 2. The average Bonchev–Trinajstić information content (AvgIpc) is 2.86. The maximum absolute atomic E-state index is 12.2. The van der Waals surface area contributed by atoms with E-state index in [1.807, 2.05) is 4.57 Å². The maximum Gasteiger partial charge on any atom is 0.340 e. The van der Waals surface area contributed by atoms with Crippen molar-refractivity contribution in [3.05, 3.63) is 40.9 Å². The molecule has 0 atom stereocenters. The third kappa shape index (κ3) is 3.19. The fourth-order valence-electron chi connectivity index (χ4n) is 2.18. The van der Waals surface area contributed by atoms with Gasteiger partial charge in [-0.15, -0.1) is 0 Å². The first kappa shape index (κ1) is 15.4. The average molecular weight is 308 g/mol. The summed E-state index contributed by atoms with van der Waals surface area (Å²) in [5, 5.41) is 0.397. The third-order valence-electron chi connectivity index (χ3n) is 3.01. The van der Waals surface area contributed by atoms with E-state index in [-0.39, 0.29) is 6.61 Å². The molecule has 0 aliphatic heterocycles. The lowest BCUT2D eigenvalue weighted by molar-refractivity contribution is 0.0526. The van der Waals surface area contributed by atoms with Gasteiger partial charge in [0.2, 0.25) is 0 Å². The van der Waals surface area contributed by atoms with Gasteiger partial charge in [-0.2, -0.15) is 0 Å². The first-order chi connectivity index (χ1) is 10.1. The predicted octanol–water partition coefficient (Wildman–Crippen LogP) is 3.24. The van der Waals surface area contributed by atoms with Crippen LogP contribution in [0.25, 0.3) is 5.69 Å². The van der Waals surface area contributed by atoms with Gasteiger partial charge in [0, 0.05) is 24.5 Å². The molecule has 1 aromatic carbocycles. The zero-order valence-corrected chi connectivity index (χ0v) is 12.9. The molecule has 0 unspecified atom stereocenters. The van der Waals surface area contributed by atoms with Crippen LogP contribution in [-0.2, 0) is 11.2 Å². The van der Waals surface area contributed by atoms with Crippen molar-refractivity contribution in [3.63, 3.8) is 0 Å². The van der Waals surface area contributed by atoms with Crippen molar-refractivity contribution in [2.75, 3.05) is 12.3 Å². The molecule has 2 N–H and O–H groups in total. The number of nitrogen functional groups attached to an aromatic ring is 1. The third-order valence-corrected chi connectivity index (χ3v) is 3.30. The number of carbonyl (C=O) groups is 1. The van der Waals surface area contributed by atoms with E-state index < -0.39 is 5.97 Å². The van der Waals surface area contributed by atoms with Gasteiger partial charge in [-0.05, 0) is 25.5 Å². The molecule has 0 spiro atoms. The van der Waals surface area contributed by atoms with E-state index >= 15 is 0 Å². The molecule has 0 radical (unpaired) electrons. The molecule has 0 saturated carbocycles. The van der Waals surface area contributed by atoms with Crippen molar-refractivity contribution in [3.8, 4) is 5.69 Å². The fourth-order valence-corrected chi connectivity index (χ4v) is 2.49. The van der Waals surface area contributed by atoms with Gasteiger partial charge in [0.25, 0.3) is 0 Å². The SMILES string of the molecule is CCCc1nccn1-c1c(Cl)cc(N)cc1C(=O)OCC. The number of carbonyl (C=O) groups excluding carboxylic acids is 1. The number of benzene rings is 1. The number of aryl methyl sites for hydroxylation is 1. The number of imidazole rings is 1. The summed E-state index contributed by atoms with van der Waals surface area (Å²) in [4.78, 5) is 16.5. The number of hydrogen-bond acceptors (Lipinski definition) is 4.